The van der Waals surface area contributed by atoms with Crippen molar-refractivity contribution in [1.82, 2.24) is 0 Å². The second-order valence-electron chi connectivity index (χ2n) is 6.63. The quantitative estimate of drug-likeness (QED) is 0.725. The van der Waals surface area contributed by atoms with Gasteiger partial charge in [0.25, 0.3) is 0 Å². The van der Waals surface area contributed by atoms with Crippen LogP contribution in [-0.2, 0) is 9.53 Å². The lowest BCUT2D eigenvalue weighted by atomic mass is 9.62. The van der Waals surface area contributed by atoms with E-state index in [9.17, 15) is 13.6 Å². The summed E-state index contributed by atoms with van der Waals surface area (Å²) in [6.07, 6.45) is 7.08. The third-order valence-electron chi connectivity index (χ3n) is 5.18. The first kappa shape index (κ1) is 12.4. The van der Waals surface area contributed by atoms with Gasteiger partial charge < -0.3 is 4.74 Å². The van der Waals surface area contributed by atoms with Crippen molar-refractivity contribution in [2.45, 2.75) is 51.4 Å². The molecule has 4 heteroatoms. The molecule has 0 amide bonds. The molecule has 4 unspecified atom stereocenters. The molecule has 0 spiro atoms. The van der Waals surface area contributed by atoms with Crippen molar-refractivity contribution in [2.75, 3.05) is 6.61 Å². The summed E-state index contributed by atoms with van der Waals surface area (Å²) in [6.45, 7) is 0.824. The molecule has 3 aliphatic carbocycles. The van der Waals surface area contributed by atoms with Crippen molar-refractivity contribution in [3.63, 3.8) is 0 Å². The van der Waals surface area contributed by atoms with Crippen LogP contribution in [0.15, 0.2) is 0 Å². The molecule has 0 aliphatic heterocycles. The third-order valence-corrected chi connectivity index (χ3v) is 5.18. The molecule has 102 valence electrons. The highest BCUT2D eigenvalue weighted by Gasteiger charge is 2.58. The molecule has 0 heterocycles. The van der Waals surface area contributed by atoms with E-state index in [2.05, 4.69) is 0 Å². The average Bonchev–Trinajstić information content (AvgIpc) is 3.05. The van der Waals surface area contributed by atoms with Crippen LogP contribution >= 0.6 is 0 Å². The van der Waals surface area contributed by atoms with E-state index < -0.39 is 11.9 Å². The molecule has 0 radical (unpaired) electrons. The van der Waals surface area contributed by atoms with Gasteiger partial charge in [0.15, 0.2) is 0 Å². The van der Waals surface area contributed by atoms with E-state index in [0.717, 1.165) is 31.1 Å². The van der Waals surface area contributed by atoms with Crippen LogP contribution in [0.1, 0.15) is 45.4 Å². The Morgan fingerprint density at radius 2 is 2.22 bits per heavy atom. The fourth-order valence-electron chi connectivity index (χ4n) is 4.32. The number of esters is 1. The van der Waals surface area contributed by atoms with Gasteiger partial charge in [0.1, 0.15) is 0 Å². The van der Waals surface area contributed by atoms with Gasteiger partial charge in [-0.2, -0.15) is 8.78 Å². The van der Waals surface area contributed by atoms with Crippen LogP contribution in [0.4, 0.5) is 8.78 Å². The standard InChI is InChI=1S/C14H20F2O2/c1-13(15,16)12(17)18-8-14-4-2-3-9(7-14)5-10-6-11(10)14/h9-11H,2-8H2,1H3. The third kappa shape index (κ3) is 2.04. The molecule has 3 aliphatic rings. The molecular formula is C14H20F2O2. The number of hydrogen-bond acceptors (Lipinski definition) is 2. The Morgan fingerprint density at radius 1 is 1.44 bits per heavy atom. The fraction of sp³-hybridized carbons (Fsp3) is 0.929. The van der Waals surface area contributed by atoms with E-state index in [1.165, 1.54) is 19.3 Å². The lowest BCUT2D eigenvalue weighted by Gasteiger charge is -2.44. The zero-order chi connectivity index (χ0) is 13.0. The number of halogens is 2. The van der Waals surface area contributed by atoms with E-state index in [1.807, 2.05) is 0 Å². The maximum absolute atomic E-state index is 12.8. The summed E-state index contributed by atoms with van der Waals surface area (Å²) < 4.78 is 30.6. The normalized spacial score (nSPS) is 42.1. The van der Waals surface area contributed by atoms with Gasteiger partial charge in [-0.05, 0) is 43.4 Å². The van der Waals surface area contributed by atoms with Crippen LogP contribution < -0.4 is 0 Å². The van der Waals surface area contributed by atoms with Crippen LogP contribution in [0.25, 0.3) is 0 Å². The zero-order valence-electron chi connectivity index (χ0n) is 10.8. The first-order valence-corrected chi connectivity index (χ1v) is 6.96. The number of ether oxygens (including phenoxy) is 1. The van der Waals surface area contributed by atoms with Crippen LogP contribution in [0.2, 0.25) is 0 Å². The van der Waals surface area contributed by atoms with E-state index in [4.69, 9.17) is 4.74 Å². The summed E-state index contributed by atoms with van der Waals surface area (Å²) >= 11 is 0. The lowest BCUT2D eigenvalue weighted by molar-refractivity contribution is -0.175. The summed E-state index contributed by atoms with van der Waals surface area (Å²) in [5, 5.41) is 0. The van der Waals surface area contributed by atoms with E-state index in [0.29, 0.717) is 12.8 Å². The highest BCUT2D eigenvalue weighted by atomic mass is 19.3. The van der Waals surface area contributed by atoms with Crippen molar-refractivity contribution >= 4 is 5.97 Å². The molecule has 2 nitrogen and oxygen atoms in total. The summed E-state index contributed by atoms with van der Waals surface area (Å²) in [4.78, 5) is 11.2. The van der Waals surface area contributed by atoms with Gasteiger partial charge in [0.2, 0.25) is 0 Å². The number of hydrogen-bond donors (Lipinski definition) is 0. The number of carbonyl (C=O) groups excluding carboxylic acids is 1. The largest absolute Gasteiger partial charge is 0.461 e. The molecule has 0 saturated heterocycles. The highest BCUT2D eigenvalue weighted by Crippen LogP contribution is 2.65. The predicted octanol–water partition coefficient (Wildman–Crippen LogP) is 3.40. The molecule has 0 N–H and O–H groups in total. The molecule has 3 saturated carbocycles. The molecule has 3 fully saturated rings. The average molecular weight is 258 g/mol. The minimum absolute atomic E-state index is 0.0345. The molecule has 4 atom stereocenters. The van der Waals surface area contributed by atoms with Gasteiger partial charge in [0.05, 0.1) is 6.61 Å². The number of alkyl halides is 2. The Balaban J connectivity index is 1.66. The fourth-order valence-corrected chi connectivity index (χ4v) is 4.32. The van der Waals surface area contributed by atoms with Crippen LogP contribution in [-0.4, -0.2) is 18.5 Å². The van der Waals surface area contributed by atoms with Crippen molar-refractivity contribution < 1.29 is 18.3 Å². The van der Waals surface area contributed by atoms with Gasteiger partial charge in [-0.15, -0.1) is 0 Å². The molecule has 0 aromatic rings. The summed E-state index contributed by atoms with van der Waals surface area (Å²) in [7, 11) is 0. The monoisotopic (exact) mass is 258 g/mol. The molecule has 0 aromatic heterocycles. The first-order valence-electron chi connectivity index (χ1n) is 6.96. The molecule has 2 bridgehead atoms. The molecular weight excluding hydrogens is 238 g/mol. The number of fused-ring (bicyclic) bond motifs is 4. The summed E-state index contributed by atoms with van der Waals surface area (Å²) in [6, 6.07) is 0. The van der Waals surface area contributed by atoms with Gasteiger partial charge in [-0.25, -0.2) is 4.79 Å². The van der Waals surface area contributed by atoms with Crippen LogP contribution in [0, 0.1) is 23.2 Å². The molecule has 0 aromatic carbocycles. The Labute approximate surface area is 106 Å². The SMILES string of the molecule is CC(F)(F)C(=O)OCC12CCCC(CC3CC31)C2. The number of carbonyl (C=O) groups is 1. The van der Waals surface area contributed by atoms with Crippen molar-refractivity contribution in [3.8, 4) is 0 Å². The minimum Gasteiger partial charge on any atom is -0.461 e. The van der Waals surface area contributed by atoms with Crippen molar-refractivity contribution in [1.29, 1.82) is 0 Å². The lowest BCUT2D eigenvalue weighted by Crippen LogP contribution is -2.41. The Morgan fingerprint density at radius 3 is 2.94 bits per heavy atom. The van der Waals surface area contributed by atoms with Gasteiger partial charge >= 0.3 is 11.9 Å². The highest BCUT2D eigenvalue weighted by molar-refractivity contribution is 5.76. The van der Waals surface area contributed by atoms with Crippen molar-refractivity contribution in [3.05, 3.63) is 0 Å². The topological polar surface area (TPSA) is 26.3 Å². The smallest absolute Gasteiger partial charge is 0.376 e. The predicted molar refractivity (Wildman–Crippen MR) is 62.2 cm³/mol. The molecule has 18 heavy (non-hydrogen) atoms. The second-order valence-corrected chi connectivity index (χ2v) is 6.63. The van der Waals surface area contributed by atoms with Crippen molar-refractivity contribution in [2.24, 2.45) is 23.2 Å². The Kier molecular flexibility index (Phi) is 2.69. The Bertz CT molecular complexity index is 363. The second kappa shape index (κ2) is 3.91. The summed E-state index contributed by atoms with van der Waals surface area (Å²) in [5.41, 5.74) is 0.0345. The zero-order valence-corrected chi connectivity index (χ0v) is 10.8. The summed E-state index contributed by atoms with van der Waals surface area (Å²) in [5.74, 6) is -2.56. The minimum atomic E-state index is -3.36. The van der Waals surface area contributed by atoms with E-state index >= 15 is 0 Å². The van der Waals surface area contributed by atoms with Gasteiger partial charge in [-0.1, -0.05) is 12.8 Å². The van der Waals surface area contributed by atoms with E-state index in [1.54, 1.807) is 0 Å². The van der Waals surface area contributed by atoms with Gasteiger partial charge in [-0.3, -0.25) is 0 Å². The maximum atomic E-state index is 12.8. The Hall–Kier alpha value is -0.670. The van der Waals surface area contributed by atoms with Crippen LogP contribution in [0.5, 0.6) is 0 Å². The van der Waals surface area contributed by atoms with Crippen LogP contribution in [0.3, 0.4) is 0 Å². The molecule has 3 rings (SSSR count). The number of rotatable bonds is 3. The maximum Gasteiger partial charge on any atom is 0.376 e. The van der Waals surface area contributed by atoms with E-state index in [-0.39, 0.29) is 12.0 Å². The first-order chi connectivity index (χ1) is 8.41. The van der Waals surface area contributed by atoms with Gasteiger partial charge in [0, 0.05) is 12.3 Å².